The van der Waals surface area contributed by atoms with Gasteiger partial charge >= 0.3 is 12.0 Å². The molecule has 0 bridgehead atoms. The van der Waals surface area contributed by atoms with Gasteiger partial charge in [-0.2, -0.15) is 0 Å². The number of amides is 2. The molecule has 0 atom stereocenters. The summed E-state index contributed by atoms with van der Waals surface area (Å²) in [6.45, 7) is 3.11. The van der Waals surface area contributed by atoms with E-state index in [1.54, 1.807) is 4.90 Å². The summed E-state index contributed by atoms with van der Waals surface area (Å²) in [5.41, 5.74) is -0.248. The Morgan fingerprint density at radius 2 is 2.00 bits per heavy atom. The third kappa shape index (κ3) is 3.40. The number of hydrogen-bond acceptors (Lipinski definition) is 7. The minimum absolute atomic E-state index is 0.0979. The van der Waals surface area contributed by atoms with Gasteiger partial charge in [-0.3, -0.25) is 10.2 Å². The number of rotatable bonds is 4. The molecule has 1 aliphatic rings. The van der Waals surface area contributed by atoms with Gasteiger partial charge in [-0.15, -0.1) is 5.10 Å². The van der Waals surface area contributed by atoms with E-state index in [9.17, 15) is 9.59 Å². The van der Waals surface area contributed by atoms with Crippen molar-refractivity contribution in [2.75, 3.05) is 44.6 Å². The number of urea groups is 1. The van der Waals surface area contributed by atoms with Gasteiger partial charge in [0.25, 0.3) is 0 Å². The fourth-order valence-electron chi connectivity index (χ4n) is 1.90. The molecule has 1 aliphatic heterocycles. The van der Waals surface area contributed by atoms with Crippen molar-refractivity contribution in [1.29, 1.82) is 0 Å². The van der Waals surface area contributed by atoms with Crippen molar-refractivity contribution in [3.63, 3.8) is 0 Å². The van der Waals surface area contributed by atoms with Crippen LogP contribution in [0.4, 0.5) is 9.80 Å². The SMILES string of the molecule is O=C(O)c1nnsc1NC(=O)N1CCN(CCO)CC1. The van der Waals surface area contributed by atoms with Crippen LogP contribution in [0.25, 0.3) is 0 Å². The molecule has 3 N–H and O–H groups in total. The minimum atomic E-state index is -1.22. The molecule has 0 spiro atoms. The second-order valence-electron chi connectivity index (χ2n) is 4.24. The highest BCUT2D eigenvalue weighted by Crippen LogP contribution is 2.18. The Hall–Kier alpha value is -1.78. The third-order valence-electron chi connectivity index (χ3n) is 2.99. The zero-order valence-electron chi connectivity index (χ0n) is 10.7. The van der Waals surface area contributed by atoms with E-state index in [2.05, 4.69) is 19.8 Å². The summed E-state index contributed by atoms with van der Waals surface area (Å²) in [5.74, 6) is -1.22. The third-order valence-corrected chi connectivity index (χ3v) is 3.63. The fraction of sp³-hybridized carbons (Fsp3) is 0.600. The smallest absolute Gasteiger partial charge is 0.359 e. The molecule has 0 aromatic carbocycles. The summed E-state index contributed by atoms with van der Waals surface area (Å²) in [6.07, 6.45) is 0. The second-order valence-corrected chi connectivity index (χ2v) is 4.99. The van der Waals surface area contributed by atoms with Crippen LogP contribution in [0.3, 0.4) is 0 Å². The van der Waals surface area contributed by atoms with Crippen LogP contribution >= 0.6 is 11.5 Å². The van der Waals surface area contributed by atoms with Crippen molar-refractivity contribution in [2.24, 2.45) is 0 Å². The predicted molar refractivity (Wildman–Crippen MR) is 71.0 cm³/mol. The molecule has 20 heavy (non-hydrogen) atoms. The summed E-state index contributed by atoms with van der Waals surface area (Å²) in [6, 6.07) is -0.359. The van der Waals surface area contributed by atoms with Crippen LogP contribution < -0.4 is 5.32 Å². The first kappa shape index (κ1) is 14.6. The Morgan fingerprint density at radius 1 is 1.30 bits per heavy atom. The molecule has 2 rings (SSSR count). The lowest BCUT2D eigenvalue weighted by atomic mass is 10.3. The number of carbonyl (C=O) groups excluding carboxylic acids is 1. The highest BCUT2D eigenvalue weighted by Gasteiger charge is 2.23. The van der Waals surface area contributed by atoms with E-state index in [1.807, 2.05) is 0 Å². The lowest BCUT2D eigenvalue weighted by Crippen LogP contribution is -2.50. The van der Waals surface area contributed by atoms with Crippen LogP contribution in [0.1, 0.15) is 10.5 Å². The van der Waals surface area contributed by atoms with E-state index < -0.39 is 5.97 Å². The van der Waals surface area contributed by atoms with Crippen LogP contribution in [0.5, 0.6) is 0 Å². The van der Waals surface area contributed by atoms with Gasteiger partial charge < -0.3 is 15.1 Å². The Balaban J connectivity index is 1.90. The first-order valence-electron chi connectivity index (χ1n) is 6.06. The zero-order chi connectivity index (χ0) is 14.5. The number of carbonyl (C=O) groups is 2. The van der Waals surface area contributed by atoms with Crippen LogP contribution in [0.15, 0.2) is 0 Å². The quantitative estimate of drug-likeness (QED) is 0.678. The van der Waals surface area contributed by atoms with Crippen molar-refractivity contribution in [1.82, 2.24) is 19.4 Å². The van der Waals surface area contributed by atoms with Gasteiger partial charge in [0.05, 0.1) is 6.61 Å². The predicted octanol–water partition coefficient (Wildman–Crippen LogP) is -0.622. The highest BCUT2D eigenvalue weighted by atomic mass is 32.1. The molecule has 1 aromatic heterocycles. The van der Waals surface area contributed by atoms with E-state index in [-0.39, 0.29) is 23.3 Å². The molecule has 110 valence electrons. The summed E-state index contributed by atoms with van der Waals surface area (Å²) < 4.78 is 3.52. The number of carboxylic acids is 1. The first-order chi connectivity index (χ1) is 9.61. The van der Waals surface area contributed by atoms with Crippen molar-refractivity contribution in [3.05, 3.63) is 5.69 Å². The lowest BCUT2D eigenvalue weighted by molar-refractivity contribution is 0.0691. The highest BCUT2D eigenvalue weighted by molar-refractivity contribution is 7.10. The Bertz CT molecular complexity index is 486. The standard InChI is InChI=1S/C10H15N5O4S/c16-6-5-14-1-3-15(4-2-14)10(19)11-8-7(9(17)18)12-13-20-8/h16H,1-6H2,(H,11,19)(H,17,18). The number of aliphatic hydroxyl groups is 1. The first-order valence-corrected chi connectivity index (χ1v) is 6.84. The number of aromatic carboxylic acids is 1. The zero-order valence-corrected chi connectivity index (χ0v) is 11.5. The van der Waals surface area contributed by atoms with Gasteiger partial charge in [0.1, 0.15) is 0 Å². The van der Waals surface area contributed by atoms with E-state index in [0.717, 1.165) is 11.5 Å². The lowest BCUT2D eigenvalue weighted by Gasteiger charge is -2.34. The van der Waals surface area contributed by atoms with E-state index in [4.69, 9.17) is 10.2 Å². The molecule has 9 nitrogen and oxygen atoms in total. The largest absolute Gasteiger partial charge is 0.476 e. The fourth-order valence-corrected chi connectivity index (χ4v) is 2.46. The topological polar surface area (TPSA) is 119 Å². The van der Waals surface area contributed by atoms with Crippen molar-refractivity contribution < 1.29 is 19.8 Å². The van der Waals surface area contributed by atoms with Gasteiger partial charge in [-0.05, 0) is 0 Å². The second kappa shape index (κ2) is 6.59. The maximum atomic E-state index is 12.0. The molecule has 10 heteroatoms. The average Bonchev–Trinajstić information content (AvgIpc) is 2.88. The van der Waals surface area contributed by atoms with Crippen molar-refractivity contribution >= 4 is 28.5 Å². The number of aliphatic hydroxyl groups excluding tert-OH is 1. The maximum Gasteiger partial charge on any atom is 0.359 e. The molecule has 2 heterocycles. The minimum Gasteiger partial charge on any atom is -0.476 e. The molecular weight excluding hydrogens is 286 g/mol. The average molecular weight is 301 g/mol. The monoisotopic (exact) mass is 301 g/mol. The number of carboxylic acid groups (broad SMARTS) is 1. The Kier molecular flexibility index (Phi) is 4.82. The molecule has 0 radical (unpaired) electrons. The number of aromatic nitrogens is 2. The number of anilines is 1. The summed E-state index contributed by atoms with van der Waals surface area (Å²) in [5, 5.41) is 23.8. The molecule has 0 aliphatic carbocycles. The van der Waals surface area contributed by atoms with Crippen LogP contribution in [-0.2, 0) is 0 Å². The van der Waals surface area contributed by atoms with Gasteiger partial charge in [-0.1, -0.05) is 4.49 Å². The van der Waals surface area contributed by atoms with Gasteiger partial charge in [0, 0.05) is 44.3 Å². The summed E-state index contributed by atoms with van der Waals surface area (Å²) in [7, 11) is 0. The number of piperazine rings is 1. The van der Waals surface area contributed by atoms with Gasteiger partial charge in [-0.25, -0.2) is 9.59 Å². The van der Waals surface area contributed by atoms with Crippen molar-refractivity contribution in [2.45, 2.75) is 0 Å². The number of nitrogens with zero attached hydrogens (tertiary/aromatic N) is 4. The summed E-state index contributed by atoms with van der Waals surface area (Å²) >= 11 is 0.835. The molecule has 1 fully saturated rings. The molecule has 1 aromatic rings. The maximum absolute atomic E-state index is 12.0. The van der Waals surface area contributed by atoms with Crippen LogP contribution in [0, 0.1) is 0 Å². The molecular formula is C10H15N5O4S. The molecule has 0 saturated carbocycles. The Labute approximate surface area is 119 Å². The Morgan fingerprint density at radius 3 is 2.60 bits per heavy atom. The number of nitrogens with one attached hydrogen (secondary N) is 1. The van der Waals surface area contributed by atoms with E-state index in [1.165, 1.54) is 0 Å². The van der Waals surface area contributed by atoms with Crippen LogP contribution in [0.2, 0.25) is 0 Å². The van der Waals surface area contributed by atoms with Gasteiger partial charge in [0.2, 0.25) is 5.69 Å². The van der Waals surface area contributed by atoms with Gasteiger partial charge in [0.15, 0.2) is 5.00 Å². The molecule has 1 saturated heterocycles. The van der Waals surface area contributed by atoms with E-state index in [0.29, 0.717) is 32.7 Å². The van der Waals surface area contributed by atoms with E-state index >= 15 is 0 Å². The molecule has 0 unspecified atom stereocenters. The summed E-state index contributed by atoms with van der Waals surface area (Å²) in [4.78, 5) is 26.5. The number of β-amino-alcohol motifs (C(OH)–C–C–N with tert-alkyl or cyclic N) is 1. The van der Waals surface area contributed by atoms with Crippen LogP contribution in [-0.4, -0.2) is 80.9 Å². The number of hydrogen-bond donors (Lipinski definition) is 3. The normalized spacial score (nSPS) is 16.1. The molecule has 2 amide bonds. The van der Waals surface area contributed by atoms with Crippen molar-refractivity contribution in [3.8, 4) is 0 Å².